The molecule has 1 aromatic carbocycles. The van der Waals surface area contributed by atoms with Crippen LogP contribution in [0, 0.1) is 11.7 Å². The van der Waals surface area contributed by atoms with Gasteiger partial charge in [0.25, 0.3) is 0 Å². The molecule has 2 heterocycles. The number of benzene rings is 1. The number of halogens is 1. The SMILES string of the molecule is CC(=O)N[C@@H](CSSC1CCN(C(C(=O)C2CC2)c2ccccc2F)CC1=Cc1csnn1)C(=O)O. The monoisotopic (exact) mass is 550 g/mol. The second-order valence-corrected chi connectivity index (χ2v) is 12.1. The molecule has 3 atom stereocenters. The van der Waals surface area contributed by atoms with Gasteiger partial charge >= 0.3 is 5.97 Å². The molecule has 1 aromatic heterocycles. The number of nitrogens with one attached hydrogen (secondary N) is 1. The van der Waals surface area contributed by atoms with Gasteiger partial charge in [-0.3, -0.25) is 14.5 Å². The number of rotatable bonds is 11. The predicted octanol–water partition coefficient (Wildman–Crippen LogP) is 3.83. The van der Waals surface area contributed by atoms with E-state index in [0.29, 0.717) is 30.8 Å². The number of ketones is 1. The number of carboxylic acid groups (broad SMARTS) is 1. The number of hydrogen-bond donors (Lipinski definition) is 2. The highest BCUT2D eigenvalue weighted by molar-refractivity contribution is 8.77. The number of piperidine rings is 1. The molecule has 1 saturated heterocycles. The van der Waals surface area contributed by atoms with E-state index in [1.54, 1.807) is 29.0 Å². The van der Waals surface area contributed by atoms with Gasteiger partial charge in [0.2, 0.25) is 5.91 Å². The Kier molecular flexibility index (Phi) is 9.15. The van der Waals surface area contributed by atoms with Crippen LogP contribution >= 0.6 is 33.1 Å². The van der Waals surface area contributed by atoms with Gasteiger partial charge in [0.15, 0.2) is 5.78 Å². The van der Waals surface area contributed by atoms with Gasteiger partial charge in [0.05, 0.1) is 11.7 Å². The molecule has 1 aliphatic carbocycles. The number of carbonyl (C=O) groups excluding carboxylic acids is 2. The van der Waals surface area contributed by atoms with Crippen LogP contribution in [-0.2, 0) is 14.4 Å². The first kappa shape index (κ1) is 26.8. The number of aromatic nitrogens is 2. The van der Waals surface area contributed by atoms with Crippen LogP contribution in [0.5, 0.6) is 0 Å². The fourth-order valence-electron chi connectivity index (χ4n) is 4.20. The number of hydrogen-bond acceptors (Lipinski definition) is 9. The molecule has 192 valence electrons. The summed E-state index contributed by atoms with van der Waals surface area (Å²) in [6.45, 7) is 2.35. The third kappa shape index (κ3) is 6.93. The highest BCUT2D eigenvalue weighted by Crippen LogP contribution is 2.42. The second-order valence-electron chi connectivity index (χ2n) is 8.87. The second kappa shape index (κ2) is 12.3. The van der Waals surface area contributed by atoms with E-state index < -0.39 is 24.0 Å². The number of Topliss-reactive ketones (excluding diaryl/α,β-unsaturated/α-hetero) is 1. The Hall–Kier alpha value is -2.28. The van der Waals surface area contributed by atoms with Gasteiger partial charge in [-0.25, -0.2) is 9.18 Å². The van der Waals surface area contributed by atoms with Crippen molar-refractivity contribution >= 4 is 56.9 Å². The average Bonchev–Trinajstić information content (AvgIpc) is 3.57. The summed E-state index contributed by atoms with van der Waals surface area (Å²) < 4.78 is 18.8. The summed E-state index contributed by atoms with van der Waals surface area (Å²) >= 11 is 1.24. The summed E-state index contributed by atoms with van der Waals surface area (Å²) in [7, 11) is 2.93. The zero-order valence-electron chi connectivity index (χ0n) is 19.6. The van der Waals surface area contributed by atoms with Gasteiger partial charge in [0, 0.05) is 47.9 Å². The fraction of sp³-hybridized carbons (Fsp3) is 0.458. The number of carbonyl (C=O) groups is 3. The molecule has 2 fully saturated rings. The molecule has 0 spiro atoms. The van der Waals surface area contributed by atoms with E-state index in [2.05, 4.69) is 14.9 Å². The van der Waals surface area contributed by atoms with Crippen LogP contribution in [0.3, 0.4) is 0 Å². The Morgan fingerprint density at radius 1 is 1.31 bits per heavy atom. The van der Waals surface area contributed by atoms with Crippen molar-refractivity contribution in [1.82, 2.24) is 19.8 Å². The molecular weight excluding hydrogens is 523 g/mol. The fourth-order valence-corrected chi connectivity index (χ4v) is 7.49. The topological polar surface area (TPSA) is 112 Å². The number of aliphatic carboxylic acids is 1. The summed E-state index contributed by atoms with van der Waals surface area (Å²) in [4.78, 5) is 38.2. The average molecular weight is 551 g/mol. The van der Waals surface area contributed by atoms with Crippen molar-refractivity contribution in [3.8, 4) is 0 Å². The van der Waals surface area contributed by atoms with Gasteiger partial charge in [-0.1, -0.05) is 44.3 Å². The van der Waals surface area contributed by atoms with Crippen molar-refractivity contribution in [2.45, 2.75) is 43.5 Å². The molecule has 1 saturated carbocycles. The largest absolute Gasteiger partial charge is 0.480 e. The third-order valence-electron chi connectivity index (χ3n) is 6.10. The Morgan fingerprint density at radius 2 is 2.08 bits per heavy atom. The van der Waals surface area contributed by atoms with E-state index in [9.17, 15) is 23.9 Å². The molecule has 4 rings (SSSR count). The summed E-state index contributed by atoms with van der Waals surface area (Å²) in [5.41, 5.74) is 2.14. The lowest BCUT2D eigenvalue weighted by Gasteiger charge is -2.38. The Labute approximate surface area is 220 Å². The minimum absolute atomic E-state index is 0.0193. The zero-order chi connectivity index (χ0) is 25.7. The van der Waals surface area contributed by atoms with E-state index >= 15 is 0 Å². The number of amides is 1. The number of carboxylic acids is 1. The van der Waals surface area contributed by atoms with Gasteiger partial charge in [-0.15, -0.1) is 5.10 Å². The van der Waals surface area contributed by atoms with Crippen molar-refractivity contribution in [3.63, 3.8) is 0 Å². The van der Waals surface area contributed by atoms with E-state index in [-0.39, 0.29) is 28.5 Å². The first-order valence-electron chi connectivity index (χ1n) is 11.6. The zero-order valence-corrected chi connectivity index (χ0v) is 22.1. The van der Waals surface area contributed by atoms with Gasteiger partial charge in [0.1, 0.15) is 11.9 Å². The van der Waals surface area contributed by atoms with Crippen LogP contribution in [-0.4, -0.2) is 67.4 Å². The molecule has 1 amide bonds. The van der Waals surface area contributed by atoms with Crippen LogP contribution in [0.2, 0.25) is 0 Å². The first-order chi connectivity index (χ1) is 17.3. The van der Waals surface area contributed by atoms with Crippen LogP contribution in [0.15, 0.2) is 35.2 Å². The normalized spacial score (nSPS) is 21.2. The molecule has 1 aliphatic heterocycles. The highest BCUT2D eigenvalue weighted by atomic mass is 33.1. The lowest BCUT2D eigenvalue weighted by Crippen LogP contribution is -2.43. The molecule has 0 bridgehead atoms. The molecule has 0 radical (unpaired) electrons. The maximum absolute atomic E-state index is 14.8. The summed E-state index contributed by atoms with van der Waals surface area (Å²) in [5, 5.41) is 17.8. The summed E-state index contributed by atoms with van der Waals surface area (Å²) in [6.07, 6.45) is 4.34. The van der Waals surface area contributed by atoms with Crippen LogP contribution < -0.4 is 5.32 Å². The standard InChI is InChI=1S/C24H27FN4O4S3/c1-14(30)26-20(24(32)33)13-35-36-21-8-9-29(11-16(21)10-17-12-34-28-27-17)22(23(31)15-6-7-15)18-4-2-3-5-19(18)25/h2-5,10,12,15,20-22H,6-9,11,13H2,1H3,(H,26,30)(H,32,33)/t20-,21?,22?/m0/s1. The van der Waals surface area contributed by atoms with E-state index in [4.69, 9.17) is 0 Å². The molecule has 2 N–H and O–H groups in total. The smallest absolute Gasteiger partial charge is 0.327 e. The van der Waals surface area contributed by atoms with Gasteiger partial charge in [-0.05, 0) is 48.5 Å². The summed E-state index contributed by atoms with van der Waals surface area (Å²) in [5.74, 6) is -1.59. The number of likely N-dealkylation sites (tertiary alicyclic amines) is 1. The maximum atomic E-state index is 14.8. The van der Waals surface area contributed by atoms with Crippen molar-refractivity contribution < 1.29 is 23.9 Å². The van der Waals surface area contributed by atoms with Crippen LogP contribution in [0.1, 0.15) is 43.5 Å². The minimum Gasteiger partial charge on any atom is -0.480 e. The Balaban J connectivity index is 1.52. The van der Waals surface area contributed by atoms with E-state index in [0.717, 1.165) is 18.4 Å². The van der Waals surface area contributed by atoms with Crippen LogP contribution in [0.4, 0.5) is 4.39 Å². The predicted molar refractivity (Wildman–Crippen MR) is 140 cm³/mol. The summed E-state index contributed by atoms with van der Waals surface area (Å²) in [6, 6.07) is 4.86. The van der Waals surface area contributed by atoms with Crippen molar-refractivity contribution in [2.75, 3.05) is 18.8 Å². The quantitative estimate of drug-likeness (QED) is 0.403. The lowest BCUT2D eigenvalue weighted by atomic mass is 9.93. The third-order valence-corrected chi connectivity index (χ3v) is 9.51. The van der Waals surface area contributed by atoms with E-state index in [1.807, 2.05) is 16.4 Å². The van der Waals surface area contributed by atoms with Crippen molar-refractivity contribution in [1.29, 1.82) is 0 Å². The molecule has 8 nitrogen and oxygen atoms in total. The Morgan fingerprint density at radius 3 is 2.72 bits per heavy atom. The maximum Gasteiger partial charge on any atom is 0.327 e. The molecule has 2 aliphatic rings. The minimum atomic E-state index is -1.08. The molecule has 2 unspecified atom stereocenters. The van der Waals surface area contributed by atoms with Gasteiger partial charge in [-0.2, -0.15) is 0 Å². The van der Waals surface area contributed by atoms with Crippen molar-refractivity contribution in [3.05, 3.63) is 52.3 Å². The Bertz CT molecular complexity index is 1130. The first-order valence-corrected chi connectivity index (χ1v) is 14.8. The number of nitrogens with zero attached hydrogens (tertiary/aromatic N) is 3. The highest BCUT2D eigenvalue weighted by Gasteiger charge is 2.41. The van der Waals surface area contributed by atoms with Crippen LogP contribution in [0.25, 0.3) is 6.08 Å². The lowest BCUT2D eigenvalue weighted by molar-refractivity contribution is -0.140. The van der Waals surface area contributed by atoms with E-state index in [1.165, 1.54) is 35.3 Å². The molecular formula is C24H27FN4O4S3. The van der Waals surface area contributed by atoms with Gasteiger partial charge < -0.3 is 10.4 Å². The molecule has 12 heteroatoms. The molecule has 2 aromatic rings. The van der Waals surface area contributed by atoms with Crippen molar-refractivity contribution in [2.24, 2.45) is 5.92 Å². The molecule has 36 heavy (non-hydrogen) atoms.